The third-order valence-corrected chi connectivity index (χ3v) is 2.94. The van der Waals surface area contributed by atoms with Gasteiger partial charge in [-0.25, -0.2) is 0 Å². The molecule has 4 atom stereocenters. The largest absolute Gasteiger partial charge is 0.393 e. The van der Waals surface area contributed by atoms with E-state index in [-0.39, 0.29) is 12.0 Å². The highest BCUT2D eigenvalue weighted by Gasteiger charge is 2.45. The van der Waals surface area contributed by atoms with Crippen LogP contribution in [0.25, 0.3) is 0 Å². The van der Waals surface area contributed by atoms with Crippen molar-refractivity contribution in [3.05, 3.63) is 0 Å². The molecule has 2 nitrogen and oxygen atoms in total. The summed E-state index contributed by atoms with van der Waals surface area (Å²) in [6.45, 7) is 0. The molecule has 2 heteroatoms. The first kappa shape index (κ1) is 6.18. The van der Waals surface area contributed by atoms with Crippen LogP contribution in [0.3, 0.4) is 0 Å². The first-order valence-corrected chi connectivity index (χ1v) is 3.89. The SMILES string of the molecule is N#C[C@@H]1C[C@@H]2C[C@H]1[C@H](O)C2. The van der Waals surface area contributed by atoms with Gasteiger partial charge in [0, 0.05) is 5.92 Å². The number of hydrogen-bond acceptors (Lipinski definition) is 2. The van der Waals surface area contributed by atoms with Crippen molar-refractivity contribution in [3.63, 3.8) is 0 Å². The summed E-state index contributed by atoms with van der Waals surface area (Å²) in [5.41, 5.74) is 0. The van der Waals surface area contributed by atoms with Crippen LogP contribution in [0.5, 0.6) is 0 Å². The van der Waals surface area contributed by atoms with Crippen LogP contribution >= 0.6 is 0 Å². The Morgan fingerprint density at radius 2 is 2.10 bits per heavy atom. The Morgan fingerprint density at radius 3 is 2.50 bits per heavy atom. The molecule has 54 valence electrons. The molecule has 0 aliphatic heterocycles. The highest BCUT2D eigenvalue weighted by atomic mass is 16.3. The lowest BCUT2D eigenvalue weighted by Crippen LogP contribution is -2.22. The molecular formula is C8H11NO. The summed E-state index contributed by atoms with van der Waals surface area (Å²) in [4.78, 5) is 0. The van der Waals surface area contributed by atoms with Crippen LogP contribution in [0.15, 0.2) is 0 Å². The number of aliphatic hydroxyl groups excluding tert-OH is 1. The smallest absolute Gasteiger partial charge is 0.0659 e. The van der Waals surface area contributed by atoms with Crippen molar-refractivity contribution in [1.82, 2.24) is 0 Å². The van der Waals surface area contributed by atoms with E-state index in [0.29, 0.717) is 11.8 Å². The standard InChI is InChI=1S/C8H11NO/c9-4-6-1-5-2-7(6)8(10)3-5/h5-8,10H,1-3H2/t5-,6+,7-,8-/m1/s1. The summed E-state index contributed by atoms with van der Waals surface area (Å²) in [5, 5.41) is 18.0. The van der Waals surface area contributed by atoms with E-state index in [0.717, 1.165) is 19.3 Å². The van der Waals surface area contributed by atoms with Crippen molar-refractivity contribution in [2.45, 2.75) is 25.4 Å². The first-order valence-electron chi connectivity index (χ1n) is 3.89. The third kappa shape index (κ3) is 0.674. The van der Waals surface area contributed by atoms with Crippen LogP contribution in [0.4, 0.5) is 0 Å². The Hall–Kier alpha value is -0.550. The van der Waals surface area contributed by atoms with E-state index in [9.17, 15) is 5.11 Å². The molecule has 0 heterocycles. The van der Waals surface area contributed by atoms with Crippen LogP contribution in [0.1, 0.15) is 19.3 Å². The van der Waals surface area contributed by atoms with Gasteiger partial charge in [-0.3, -0.25) is 0 Å². The van der Waals surface area contributed by atoms with Crippen LogP contribution in [-0.4, -0.2) is 11.2 Å². The van der Waals surface area contributed by atoms with E-state index in [1.807, 2.05) is 0 Å². The molecule has 0 spiro atoms. The van der Waals surface area contributed by atoms with Crippen molar-refractivity contribution in [2.24, 2.45) is 17.8 Å². The lowest BCUT2D eigenvalue weighted by molar-refractivity contribution is 0.0960. The number of hydrogen-bond donors (Lipinski definition) is 1. The molecule has 10 heavy (non-hydrogen) atoms. The number of aliphatic hydroxyl groups is 1. The minimum atomic E-state index is -0.164. The summed E-state index contributed by atoms with van der Waals surface area (Å²) in [7, 11) is 0. The van der Waals surface area contributed by atoms with Gasteiger partial charge in [-0.05, 0) is 25.2 Å². The van der Waals surface area contributed by atoms with Gasteiger partial charge in [0.1, 0.15) is 0 Å². The second-order valence-electron chi connectivity index (χ2n) is 3.54. The number of rotatable bonds is 0. The van der Waals surface area contributed by atoms with E-state index in [4.69, 9.17) is 5.26 Å². The van der Waals surface area contributed by atoms with Crippen molar-refractivity contribution in [1.29, 1.82) is 5.26 Å². The summed E-state index contributed by atoms with van der Waals surface area (Å²) >= 11 is 0. The molecule has 0 aromatic carbocycles. The molecule has 2 bridgehead atoms. The molecular weight excluding hydrogens is 126 g/mol. The molecule has 2 aliphatic rings. The van der Waals surface area contributed by atoms with E-state index in [1.54, 1.807) is 0 Å². The van der Waals surface area contributed by atoms with Gasteiger partial charge < -0.3 is 5.11 Å². The summed E-state index contributed by atoms with van der Waals surface area (Å²) in [5.74, 6) is 1.13. The fraction of sp³-hybridized carbons (Fsp3) is 0.875. The Balaban J connectivity index is 2.14. The quantitative estimate of drug-likeness (QED) is 0.539. The molecule has 2 saturated carbocycles. The predicted molar refractivity (Wildman–Crippen MR) is 35.9 cm³/mol. The van der Waals surface area contributed by atoms with Crippen molar-refractivity contribution >= 4 is 0 Å². The fourth-order valence-electron chi connectivity index (χ4n) is 2.46. The maximum Gasteiger partial charge on any atom is 0.0659 e. The van der Waals surface area contributed by atoms with Gasteiger partial charge in [0.05, 0.1) is 18.1 Å². The molecule has 1 N–H and O–H groups in total. The average Bonchev–Trinajstić information content (AvgIpc) is 2.44. The Morgan fingerprint density at radius 1 is 1.30 bits per heavy atom. The third-order valence-electron chi connectivity index (χ3n) is 2.94. The molecule has 0 unspecified atom stereocenters. The molecule has 2 aliphatic carbocycles. The lowest BCUT2D eigenvalue weighted by Gasteiger charge is -2.19. The van der Waals surface area contributed by atoms with E-state index < -0.39 is 0 Å². The monoisotopic (exact) mass is 137 g/mol. The average molecular weight is 137 g/mol. The summed E-state index contributed by atoms with van der Waals surface area (Å²) < 4.78 is 0. The van der Waals surface area contributed by atoms with Crippen LogP contribution in [0.2, 0.25) is 0 Å². The second-order valence-corrected chi connectivity index (χ2v) is 3.54. The topological polar surface area (TPSA) is 44.0 Å². The second kappa shape index (κ2) is 1.96. The molecule has 2 fully saturated rings. The van der Waals surface area contributed by atoms with Gasteiger partial charge in [0.2, 0.25) is 0 Å². The van der Waals surface area contributed by atoms with Gasteiger partial charge in [-0.2, -0.15) is 5.26 Å². The van der Waals surface area contributed by atoms with Gasteiger partial charge >= 0.3 is 0 Å². The van der Waals surface area contributed by atoms with Crippen molar-refractivity contribution < 1.29 is 5.11 Å². The number of nitriles is 1. The first-order chi connectivity index (χ1) is 4.81. The van der Waals surface area contributed by atoms with E-state index in [1.165, 1.54) is 0 Å². The zero-order valence-electron chi connectivity index (χ0n) is 5.83. The highest BCUT2D eigenvalue weighted by Crippen LogP contribution is 2.47. The van der Waals surface area contributed by atoms with Gasteiger partial charge in [-0.15, -0.1) is 0 Å². The highest BCUT2D eigenvalue weighted by molar-refractivity contribution is 5.03. The molecule has 0 aromatic heterocycles. The number of fused-ring (bicyclic) bond motifs is 2. The molecule has 0 radical (unpaired) electrons. The lowest BCUT2D eigenvalue weighted by atomic mass is 9.88. The van der Waals surface area contributed by atoms with Gasteiger partial charge in [0.25, 0.3) is 0 Å². The minimum Gasteiger partial charge on any atom is -0.393 e. The molecule has 0 saturated heterocycles. The van der Waals surface area contributed by atoms with Crippen LogP contribution < -0.4 is 0 Å². The van der Waals surface area contributed by atoms with E-state index in [2.05, 4.69) is 6.07 Å². The van der Waals surface area contributed by atoms with Gasteiger partial charge in [-0.1, -0.05) is 0 Å². The zero-order chi connectivity index (χ0) is 7.14. The minimum absolute atomic E-state index is 0.161. The Kier molecular flexibility index (Phi) is 1.21. The van der Waals surface area contributed by atoms with E-state index >= 15 is 0 Å². The zero-order valence-corrected chi connectivity index (χ0v) is 5.83. The predicted octanol–water partition coefficient (Wildman–Crippen LogP) is 0.917. The number of nitrogens with zero attached hydrogens (tertiary/aromatic N) is 1. The normalized spacial score (nSPS) is 51.2. The maximum atomic E-state index is 9.37. The Labute approximate surface area is 60.5 Å². The maximum absolute atomic E-state index is 9.37. The molecule has 0 aromatic rings. The summed E-state index contributed by atoms with van der Waals surface area (Å²) in [6, 6.07) is 2.27. The summed E-state index contributed by atoms with van der Waals surface area (Å²) in [6.07, 6.45) is 2.92. The van der Waals surface area contributed by atoms with Crippen molar-refractivity contribution in [2.75, 3.05) is 0 Å². The van der Waals surface area contributed by atoms with Crippen LogP contribution in [-0.2, 0) is 0 Å². The van der Waals surface area contributed by atoms with Crippen molar-refractivity contribution in [3.8, 4) is 6.07 Å². The van der Waals surface area contributed by atoms with Crippen LogP contribution in [0, 0.1) is 29.1 Å². The van der Waals surface area contributed by atoms with Gasteiger partial charge in [0.15, 0.2) is 0 Å². The molecule has 2 rings (SSSR count). The fourth-order valence-corrected chi connectivity index (χ4v) is 2.46. The Bertz CT molecular complexity index is 184. The molecule has 0 amide bonds.